The van der Waals surface area contributed by atoms with Crippen LogP contribution in [0.2, 0.25) is 0 Å². The van der Waals surface area contributed by atoms with Crippen LogP contribution in [0, 0.1) is 6.92 Å². The lowest BCUT2D eigenvalue weighted by Crippen LogP contribution is -2.27. The summed E-state index contributed by atoms with van der Waals surface area (Å²) in [4.78, 5) is 28.6. The van der Waals surface area contributed by atoms with Crippen LogP contribution in [-0.4, -0.2) is 26.6 Å². The number of nitrogens with one attached hydrogen (secondary N) is 1. The van der Waals surface area contributed by atoms with Crippen molar-refractivity contribution in [3.8, 4) is 5.69 Å². The predicted octanol–water partition coefficient (Wildman–Crippen LogP) is 3.18. The Morgan fingerprint density at radius 2 is 2.00 bits per heavy atom. The number of aryl methyl sites for hydroxylation is 2. The lowest BCUT2D eigenvalue weighted by Gasteiger charge is -2.12. The summed E-state index contributed by atoms with van der Waals surface area (Å²) in [6, 6.07) is 6.90. The smallest absolute Gasteiger partial charge is 0.352 e. The highest BCUT2D eigenvalue weighted by Gasteiger charge is 2.30. The molecule has 1 amide bonds. The summed E-state index contributed by atoms with van der Waals surface area (Å²) in [6.07, 6.45) is 0.943. The Hall–Kier alpha value is -3.36. The molecule has 152 valence electrons. The van der Waals surface area contributed by atoms with E-state index >= 15 is 0 Å². The van der Waals surface area contributed by atoms with Crippen LogP contribution in [0.15, 0.2) is 59.8 Å². The first-order chi connectivity index (χ1) is 13.8. The van der Waals surface area contributed by atoms with Crippen LogP contribution in [0.1, 0.15) is 28.2 Å². The van der Waals surface area contributed by atoms with Gasteiger partial charge in [-0.2, -0.15) is 13.2 Å². The number of benzene rings is 1. The lowest BCUT2D eigenvalue weighted by atomic mass is 10.2. The zero-order valence-corrected chi connectivity index (χ0v) is 15.6. The number of carbonyl (C=O) groups is 1. The number of aromatic nitrogens is 3. The molecule has 6 nitrogen and oxygen atoms in total. The molecule has 3 rings (SSSR count). The molecule has 2 heterocycles. The summed E-state index contributed by atoms with van der Waals surface area (Å²) in [5, 5.41) is 2.75. The first-order valence-corrected chi connectivity index (χ1v) is 8.92. The Kier molecular flexibility index (Phi) is 5.86. The number of carbonyl (C=O) groups excluding carboxylic acids is 1. The van der Waals surface area contributed by atoms with Crippen molar-refractivity contribution in [3.63, 3.8) is 0 Å². The van der Waals surface area contributed by atoms with E-state index in [-0.39, 0.29) is 11.3 Å². The molecule has 0 fully saturated rings. The first kappa shape index (κ1) is 20.4. The van der Waals surface area contributed by atoms with Crippen LogP contribution in [0.25, 0.3) is 5.69 Å². The fraction of sp³-hybridized carbons (Fsp3) is 0.250. The molecule has 0 aliphatic rings. The van der Waals surface area contributed by atoms with E-state index in [1.54, 1.807) is 6.20 Å². The van der Waals surface area contributed by atoms with Gasteiger partial charge in [-0.3, -0.25) is 14.2 Å². The molecule has 0 saturated carbocycles. The maximum Gasteiger partial charge on any atom is 0.416 e. The fourth-order valence-electron chi connectivity index (χ4n) is 2.85. The van der Waals surface area contributed by atoms with Gasteiger partial charge in [0.15, 0.2) is 0 Å². The molecule has 2 aromatic heterocycles. The van der Waals surface area contributed by atoms with Gasteiger partial charge in [-0.25, -0.2) is 4.98 Å². The van der Waals surface area contributed by atoms with Gasteiger partial charge < -0.3 is 9.88 Å². The van der Waals surface area contributed by atoms with E-state index in [0.29, 0.717) is 19.5 Å². The highest BCUT2D eigenvalue weighted by molar-refractivity contribution is 5.93. The van der Waals surface area contributed by atoms with E-state index in [4.69, 9.17) is 0 Å². The van der Waals surface area contributed by atoms with Crippen molar-refractivity contribution in [3.05, 3.63) is 82.3 Å². The van der Waals surface area contributed by atoms with Gasteiger partial charge in [0.25, 0.3) is 11.5 Å². The summed E-state index contributed by atoms with van der Waals surface area (Å²) >= 11 is 0. The molecule has 9 heteroatoms. The standard InChI is InChI=1S/C20H19F3N4O2/c1-14-24-9-11-26(14)10-3-8-25-19(29)15-6-7-18(28)27(13-15)17-5-2-4-16(12-17)20(21,22)23/h2,4-7,9,11-13H,3,8,10H2,1H3,(H,25,29). The molecule has 0 saturated heterocycles. The van der Waals surface area contributed by atoms with Crippen molar-refractivity contribution in [2.45, 2.75) is 26.1 Å². The Morgan fingerprint density at radius 1 is 1.21 bits per heavy atom. The number of amides is 1. The Labute approximate surface area is 164 Å². The molecule has 0 atom stereocenters. The minimum absolute atomic E-state index is 0.0371. The van der Waals surface area contributed by atoms with Gasteiger partial charge in [-0.1, -0.05) is 6.07 Å². The van der Waals surface area contributed by atoms with E-state index < -0.39 is 23.2 Å². The second-order valence-electron chi connectivity index (χ2n) is 6.45. The van der Waals surface area contributed by atoms with Crippen LogP contribution in [0.5, 0.6) is 0 Å². The van der Waals surface area contributed by atoms with Gasteiger partial charge >= 0.3 is 6.18 Å². The van der Waals surface area contributed by atoms with Crippen LogP contribution in [-0.2, 0) is 12.7 Å². The van der Waals surface area contributed by atoms with Crippen LogP contribution in [0.4, 0.5) is 13.2 Å². The number of halogens is 3. The van der Waals surface area contributed by atoms with Crippen molar-refractivity contribution in [2.75, 3.05) is 6.54 Å². The number of rotatable bonds is 6. The third-order valence-corrected chi connectivity index (χ3v) is 4.41. The number of nitrogens with zero attached hydrogens (tertiary/aromatic N) is 3. The summed E-state index contributed by atoms with van der Waals surface area (Å²) in [7, 11) is 0. The number of pyridine rings is 1. The minimum Gasteiger partial charge on any atom is -0.352 e. The number of imidazole rings is 1. The molecule has 0 aliphatic carbocycles. The first-order valence-electron chi connectivity index (χ1n) is 8.92. The third-order valence-electron chi connectivity index (χ3n) is 4.41. The van der Waals surface area contributed by atoms with Crippen LogP contribution >= 0.6 is 0 Å². The van der Waals surface area contributed by atoms with Gasteiger partial charge in [-0.05, 0) is 37.6 Å². The summed E-state index contributed by atoms with van der Waals surface area (Å²) in [5.74, 6) is 0.470. The molecule has 0 aliphatic heterocycles. The molecular weight excluding hydrogens is 385 g/mol. The fourth-order valence-corrected chi connectivity index (χ4v) is 2.85. The molecular formula is C20H19F3N4O2. The summed E-state index contributed by atoms with van der Waals surface area (Å²) < 4.78 is 41.8. The Bertz CT molecular complexity index is 1070. The third kappa shape index (κ3) is 4.92. The predicted molar refractivity (Wildman–Crippen MR) is 101 cm³/mol. The van der Waals surface area contributed by atoms with E-state index in [0.717, 1.165) is 28.6 Å². The second kappa shape index (κ2) is 8.34. The Balaban J connectivity index is 1.71. The van der Waals surface area contributed by atoms with Crippen molar-refractivity contribution in [1.29, 1.82) is 0 Å². The second-order valence-corrected chi connectivity index (χ2v) is 6.45. The summed E-state index contributed by atoms with van der Waals surface area (Å²) in [5.41, 5.74) is -1.18. The molecule has 0 bridgehead atoms. The molecule has 29 heavy (non-hydrogen) atoms. The normalized spacial score (nSPS) is 11.4. The van der Waals surface area contributed by atoms with E-state index in [1.165, 1.54) is 24.4 Å². The average molecular weight is 404 g/mol. The van der Waals surface area contributed by atoms with Gasteiger partial charge in [-0.15, -0.1) is 0 Å². The zero-order valence-electron chi connectivity index (χ0n) is 15.6. The average Bonchev–Trinajstić information content (AvgIpc) is 3.09. The van der Waals surface area contributed by atoms with Crippen molar-refractivity contribution in [2.24, 2.45) is 0 Å². The largest absolute Gasteiger partial charge is 0.416 e. The molecule has 1 aromatic carbocycles. The molecule has 0 unspecified atom stereocenters. The van der Waals surface area contributed by atoms with Crippen molar-refractivity contribution >= 4 is 5.91 Å². The van der Waals surface area contributed by atoms with Crippen molar-refractivity contribution in [1.82, 2.24) is 19.4 Å². The number of hydrogen-bond acceptors (Lipinski definition) is 3. The molecule has 1 N–H and O–H groups in total. The quantitative estimate of drug-likeness (QED) is 0.642. The van der Waals surface area contributed by atoms with E-state index in [9.17, 15) is 22.8 Å². The summed E-state index contributed by atoms with van der Waals surface area (Å²) in [6.45, 7) is 2.98. The van der Waals surface area contributed by atoms with Gasteiger partial charge in [0.2, 0.25) is 0 Å². The maximum atomic E-state index is 12.9. The molecule has 0 spiro atoms. The monoisotopic (exact) mass is 404 g/mol. The minimum atomic E-state index is -4.53. The lowest BCUT2D eigenvalue weighted by molar-refractivity contribution is -0.137. The van der Waals surface area contributed by atoms with Crippen LogP contribution < -0.4 is 10.9 Å². The van der Waals surface area contributed by atoms with Gasteiger partial charge in [0.05, 0.1) is 11.1 Å². The van der Waals surface area contributed by atoms with Crippen LogP contribution in [0.3, 0.4) is 0 Å². The van der Waals surface area contributed by atoms with E-state index in [2.05, 4.69) is 10.3 Å². The highest BCUT2D eigenvalue weighted by Crippen LogP contribution is 2.30. The SMILES string of the molecule is Cc1nccn1CCCNC(=O)c1ccc(=O)n(-c2cccc(C(F)(F)F)c2)c1. The van der Waals surface area contributed by atoms with Crippen molar-refractivity contribution < 1.29 is 18.0 Å². The van der Waals surface area contributed by atoms with Gasteiger partial charge in [0.1, 0.15) is 5.82 Å². The molecule has 0 radical (unpaired) electrons. The zero-order chi connectivity index (χ0) is 21.0. The van der Waals surface area contributed by atoms with Gasteiger partial charge in [0, 0.05) is 43.4 Å². The highest BCUT2D eigenvalue weighted by atomic mass is 19.4. The Morgan fingerprint density at radius 3 is 2.69 bits per heavy atom. The number of hydrogen-bond donors (Lipinski definition) is 1. The number of alkyl halides is 3. The molecule has 3 aromatic rings. The maximum absolute atomic E-state index is 12.9. The topological polar surface area (TPSA) is 68.9 Å². The van der Waals surface area contributed by atoms with E-state index in [1.807, 2.05) is 17.7 Å².